The summed E-state index contributed by atoms with van der Waals surface area (Å²) >= 11 is 0. The smallest absolute Gasteiger partial charge is 0.226 e. The van der Waals surface area contributed by atoms with Crippen molar-refractivity contribution in [3.63, 3.8) is 0 Å². The lowest BCUT2D eigenvalue weighted by molar-refractivity contribution is -0.141. The average molecular weight is 504 g/mol. The Morgan fingerprint density at radius 2 is 1.58 bits per heavy atom. The molecule has 7 heteroatoms. The maximum absolute atomic E-state index is 13.7. The monoisotopic (exact) mass is 503 g/mol. The van der Waals surface area contributed by atoms with Crippen LogP contribution < -0.4 is 16.0 Å². The minimum absolute atomic E-state index is 0.178. The van der Waals surface area contributed by atoms with Gasteiger partial charge in [-0.3, -0.25) is 20.7 Å². The fraction of sp³-hybridized carbons (Fsp3) is 0.966. The lowest BCUT2D eigenvalue weighted by Gasteiger charge is -2.43. The number of hydrogen-bond acceptors (Lipinski definition) is 6. The number of carbonyl (C=O) groups is 1. The van der Waals surface area contributed by atoms with Crippen molar-refractivity contribution in [2.75, 3.05) is 46.4 Å². The maximum atomic E-state index is 13.7. The topological polar surface area (TPSA) is 68.9 Å². The first-order chi connectivity index (χ1) is 17.7. The van der Waals surface area contributed by atoms with Gasteiger partial charge in [-0.1, -0.05) is 12.8 Å². The van der Waals surface area contributed by atoms with Gasteiger partial charge in [-0.25, -0.2) is 0 Å². The van der Waals surface area contributed by atoms with Crippen molar-refractivity contribution >= 4 is 5.91 Å². The molecule has 7 nitrogen and oxygen atoms in total. The summed E-state index contributed by atoms with van der Waals surface area (Å²) < 4.78 is 5.56. The summed E-state index contributed by atoms with van der Waals surface area (Å²) in [5.41, 5.74) is 0. The van der Waals surface area contributed by atoms with Gasteiger partial charge in [0.2, 0.25) is 5.91 Å². The number of likely N-dealkylation sites (tertiary alicyclic amines) is 2. The van der Waals surface area contributed by atoms with Crippen LogP contribution in [0.3, 0.4) is 0 Å². The van der Waals surface area contributed by atoms with Gasteiger partial charge in [-0.15, -0.1) is 0 Å². The summed E-state index contributed by atoms with van der Waals surface area (Å²) in [6, 6.07) is 0.868. The van der Waals surface area contributed by atoms with E-state index < -0.39 is 0 Å². The second-order valence-electron chi connectivity index (χ2n) is 12.6. The molecular weight excluding hydrogens is 450 g/mol. The highest BCUT2D eigenvalue weighted by molar-refractivity contribution is 5.79. The van der Waals surface area contributed by atoms with E-state index in [2.05, 4.69) is 25.8 Å². The number of ether oxygens (including phenoxy) is 1. The van der Waals surface area contributed by atoms with E-state index in [1.165, 1.54) is 83.7 Å². The van der Waals surface area contributed by atoms with Gasteiger partial charge in [0, 0.05) is 51.3 Å². The summed E-state index contributed by atoms with van der Waals surface area (Å²) in [5, 5.41) is 11.3. The molecule has 0 aromatic heterocycles. The van der Waals surface area contributed by atoms with Gasteiger partial charge in [-0.2, -0.15) is 0 Å². The predicted molar refractivity (Wildman–Crippen MR) is 145 cm³/mol. The first-order valence-corrected chi connectivity index (χ1v) is 15.5. The molecule has 3 heterocycles. The van der Waals surface area contributed by atoms with Crippen LogP contribution in [0.4, 0.5) is 0 Å². The number of hydrogen-bond donors (Lipinski definition) is 3. The van der Waals surface area contributed by atoms with E-state index >= 15 is 0 Å². The van der Waals surface area contributed by atoms with Crippen LogP contribution in [0.15, 0.2) is 0 Å². The van der Waals surface area contributed by atoms with Gasteiger partial charge in [0.15, 0.2) is 0 Å². The Kier molecular flexibility index (Phi) is 9.97. The number of nitrogens with zero attached hydrogens (tertiary/aromatic N) is 2. The largest absolute Gasteiger partial charge is 0.381 e. The molecule has 1 amide bonds. The van der Waals surface area contributed by atoms with Gasteiger partial charge in [0.25, 0.3) is 0 Å². The average Bonchev–Trinajstić information content (AvgIpc) is 2.94. The molecule has 5 fully saturated rings. The molecule has 0 radical (unpaired) electrons. The zero-order chi connectivity index (χ0) is 24.7. The van der Waals surface area contributed by atoms with Crippen LogP contribution in [-0.2, 0) is 9.53 Å². The summed E-state index contributed by atoms with van der Waals surface area (Å²) in [6.45, 7) is 6.72. The Labute approximate surface area is 219 Å². The van der Waals surface area contributed by atoms with Crippen LogP contribution in [-0.4, -0.2) is 86.6 Å². The van der Waals surface area contributed by atoms with Crippen LogP contribution in [0.1, 0.15) is 89.9 Å². The molecule has 3 unspecified atom stereocenters. The highest BCUT2D eigenvalue weighted by Crippen LogP contribution is 2.32. The SMILES string of the molecule is COC1CCC(C2CNC(NC3CCCC(C(=O)N4CCCCC4CN4CCCCC4)C3)NC2)CC1. The lowest BCUT2D eigenvalue weighted by Crippen LogP contribution is -2.63. The van der Waals surface area contributed by atoms with Crippen LogP contribution in [0.5, 0.6) is 0 Å². The number of rotatable bonds is 7. The van der Waals surface area contributed by atoms with E-state index in [1.54, 1.807) is 0 Å². The number of piperidine rings is 2. The van der Waals surface area contributed by atoms with Crippen LogP contribution in [0.25, 0.3) is 0 Å². The molecule has 5 aliphatic rings. The minimum atomic E-state index is 0.178. The van der Waals surface area contributed by atoms with Crippen LogP contribution in [0, 0.1) is 17.8 Å². The fourth-order valence-electron chi connectivity index (χ4n) is 7.89. The molecule has 2 aliphatic carbocycles. The van der Waals surface area contributed by atoms with Gasteiger partial charge in [0.1, 0.15) is 6.29 Å². The van der Waals surface area contributed by atoms with Gasteiger partial charge in [-0.05, 0) is 102 Å². The molecule has 0 aromatic rings. The van der Waals surface area contributed by atoms with Crippen LogP contribution in [0.2, 0.25) is 0 Å². The Morgan fingerprint density at radius 1 is 0.833 bits per heavy atom. The molecule has 3 saturated heterocycles. The minimum Gasteiger partial charge on any atom is -0.381 e. The highest BCUT2D eigenvalue weighted by Gasteiger charge is 2.36. The molecule has 206 valence electrons. The number of nitrogens with one attached hydrogen (secondary N) is 3. The summed E-state index contributed by atoms with van der Waals surface area (Å²) in [7, 11) is 1.86. The zero-order valence-corrected chi connectivity index (χ0v) is 22.9. The third-order valence-corrected chi connectivity index (χ3v) is 10.1. The standard InChI is InChI=1S/C29H53N5O2/c1-36-27-13-11-22(12-14-27)24-19-30-29(31-20-24)32-25-9-7-8-23(18-25)28(35)34-17-6-3-10-26(34)21-33-15-4-2-5-16-33/h22-27,29-32H,2-21H2,1H3. The lowest BCUT2D eigenvalue weighted by atomic mass is 9.78. The van der Waals surface area contributed by atoms with E-state index in [1.807, 2.05) is 7.11 Å². The van der Waals surface area contributed by atoms with Crippen molar-refractivity contribution < 1.29 is 9.53 Å². The Balaban J connectivity index is 1.07. The zero-order valence-electron chi connectivity index (χ0n) is 22.9. The molecule has 0 spiro atoms. The normalized spacial score (nSPS) is 39.1. The fourth-order valence-corrected chi connectivity index (χ4v) is 7.89. The first kappa shape index (κ1) is 26.9. The van der Waals surface area contributed by atoms with Crippen molar-refractivity contribution in [2.24, 2.45) is 17.8 Å². The van der Waals surface area contributed by atoms with Gasteiger partial charge < -0.3 is 14.5 Å². The van der Waals surface area contributed by atoms with E-state index in [0.29, 0.717) is 24.1 Å². The molecule has 5 rings (SSSR count). The molecule has 0 bridgehead atoms. The summed E-state index contributed by atoms with van der Waals surface area (Å²) in [4.78, 5) is 18.7. The van der Waals surface area contributed by atoms with Gasteiger partial charge >= 0.3 is 0 Å². The number of methoxy groups -OCH3 is 1. The van der Waals surface area contributed by atoms with Crippen molar-refractivity contribution in [2.45, 2.75) is 114 Å². The van der Waals surface area contributed by atoms with E-state index in [4.69, 9.17) is 4.74 Å². The molecule has 2 saturated carbocycles. The molecule has 36 heavy (non-hydrogen) atoms. The van der Waals surface area contributed by atoms with Gasteiger partial charge in [0.05, 0.1) is 6.10 Å². The van der Waals surface area contributed by atoms with E-state index in [9.17, 15) is 4.79 Å². The second-order valence-corrected chi connectivity index (χ2v) is 12.6. The molecule has 3 N–H and O–H groups in total. The van der Waals surface area contributed by atoms with Crippen molar-refractivity contribution in [3.05, 3.63) is 0 Å². The van der Waals surface area contributed by atoms with Crippen molar-refractivity contribution in [1.82, 2.24) is 25.8 Å². The Hall–Kier alpha value is -0.730. The summed E-state index contributed by atoms with van der Waals surface area (Å²) in [5.74, 6) is 2.19. The predicted octanol–water partition coefficient (Wildman–Crippen LogP) is 3.30. The van der Waals surface area contributed by atoms with Crippen molar-refractivity contribution in [1.29, 1.82) is 0 Å². The Bertz CT molecular complexity index is 671. The number of carbonyl (C=O) groups excluding carboxylic acids is 1. The highest BCUT2D eigenvalue weighted by atomic mass is 16.5. The third kappa shape index (κ3) is 7.02. The third-order valence-electron chi connectivity index (χ3n) is 10.1. The summed E-state index contributed by atoms with van der Waals surface area (Å²) in [6.07, 6.45) is 17.8. The van der Waals surface area contributed by atoms with E-state index in [-0.39, 0.29) is 12.2 Å². The quantitative estimate of drug-likeness (QED) is 0.495. The molecule has 3 aliphatic heterocycles. The second kappa shape index (κ2) is 13.4. The van der Waals surface area contributed by atoms with Crippen molar-refractivity contribution in [3.8, 4) is 0 Å². The Morgan fingerprint density at radius 3 is 2.33 bits per heavy atom. The maximum Gasteiger partial charge on any atom is 0.226 e. The van der Waals surface area contributed by atoms with E-state index in [0.717, 1.165) is 57.3 Å². The molecular formula is C29H53N5O2. The van der Waals surface area contributed by atoms with Crippen LogP contribution >= 0.6 is 0 Å². The molecule has 0 aromatic carbocycles. The molecule has 3 atom stereocenters. The number of amides is 1. The first-order valence-electron chi connectivity index (χ1n) is 15.5.